The van der Waals surface area contributed by atoms with Gasteiger partial charge in [-0.25, -0.2) is 9.97 Å². The molecule has 4 rings (SSSR count). The second-order valence-corrected chi connectivity index (χ2v) is 7.39. The second-order valence-electron chi connectivity index (χ2n) is 6.36. The molecule has 0 aliphatic carbocycles. The summed E-state index contributed by atoms with van der Waals surface area (Å²) in [7, 11) is 0. The first kappa shape index (κ1) is 16.9. The third-order valence-corrected chi connectivity index (χ3v) is 5.48. The van der Waals surface area contributed by atoms with Crippen molar-refractivity contribution in [2.75, 3.05) is 26.2 Å². The highest BCUT2D eigenvalue weighted by molar-refractivity contribution is 7.09. The minimum atomic E-state index is 0.0967. The first-order chi connectivity index (χ1) is 12.8. The smallest absolute Gasteiger partial charge is 0.253 e. The Morgan fingerprint density at radius 2 is 1.81 bits per heavy atom. The molecule has 0 saturated carbocycles. The molecule has 2 aromatic heterocycles. The molecule has 0 bridgehead atoms. The number of carbonyl (C=O) groups excluding carboxylic acids is 1. The zero-order chi connectivity index (χ0) is 17.8. The van der Waals surface area contributed by atoms with Gasteiger partial charge in [-0.1, -0.05) is 18.2 Å². The normalized spacial score (nSPS) is 15.2. The van der Waals surface area contributed by atoms with Crippen molar-refractivity contribution in [2.24, 2.45) is 0 Å². The summed E-state index contributed by atoms with van der Waals surface area (Å²) in [5.74, 6) is 0.0967. The predicted molar refractivity (Wildman–Crippen MR) is 103 cm³/mol. The third-order valence-electron chi connectivity index (χ3n) is 4.62. The Bertz CT molecular complexity index is 859. The van der Waals surface area contributed by atoms with Crippen LogP contribution in [0, 0.1) is 0 Å². The van der Waals surface area contributed by atoms with Gasteiger partial charge in [-0.05, 0) is 29.1 Å². The lowest BCUT2D eigenvalue weighted by atomic mass is 10.0. The fourth-order valence-corrected chi connectivity index (χ4v) is 3.94. The van der Waals surface area contributed by atoms with E-state index in [4.69, 9.17) is 0 Å². The Kier molecular flexibility index (Phi) is 5.04. The molecule has 1 aliphatic rings. The van der Waals surface area contributed by atoms with E-state index < -0.39 is 0 Å². The van der Waals surface area contributed by atoms with E-state index in [2.05, 4.69) is 32.4 Å². The van der Waals surface area contributed by atoms with E-state index in [1.807, 2.05) is 29.2 Å². The van der Waals surface area contributed by atoms with Crippen LogP contribution < -0.4 is 0 Å². The summed E-state index contributed by atoms with van der Waals surface area (Å²) >= 11 is 1.79. The van der Waals surface area contributed by atoms with Gasteiger partial charge in [0.2, 0.25) is 0 Å². The molecular weight excluding hydrogens is 344 g/mol. The van der Waals surface area contributed by atoms with Crippen LogP contribution in [-0.2, 0) is 6.54 Å². The van der Waals surface area contributed by atoms with Crippen molar-refractivity contribution in [2.45, 2.75) is 6.54 Å². The number of piperazine rings is 1. The van der Waals surface area contributed by atoms with Crippen molar-refractivity contribution in [1.29, 1.82) is 0 Å². The molecule has 1 aromatic carbocycles. The van der Waals surface area contributed by atoms with Crippen LogP contribution in [0.1, 0.15) is 15.2 Å². The first-order valence-corrected chi connectivity index (χ1v) is 9.57. The fraction of sp³-hybridized carbons (Fsp3) is 0.250. The van der Waals surface area contributed by atoms with E-state index >= 15 is 0 Å². The molecule has 0 radical (unpaired) electrons. The van der Waals surface area contributed by atoms with Gasteiger partial charge < -0.3 is 4.90 Å². The maximum atomic E-state index is 12.9. The van der Waals surface area contributed by atoms with E-state index in [0.29, 0.717) is 0 Å². The monoisotopic (exact) mass is 364 g/mol. The summed E-state index contributed by atoms with van der Waals surface area (Å²) in [5.41, 5.74) is 2.61. The molecule has 6 heteroatoms. The summed E-state index contributed by atoms with van der Waals surface area (Å²) < 4.78 is 0. The van der Waals surface area contributed by atoms with Crippen LogP contribution in [0.15, 0.2) is 60.5 Å². The summed E-state index contributed by atoms with van der Waals surface area (Å²) in [6.07, 6.45) is 5.04. The number of hydrogen-bond acceptors (Lipinski definition) is 5. The van der Waals surface area contributed by atoms with E-state index in [9.17, 15) is 4.79 Å². The van der Waals surface area contributed by atoms with Gasteiger partial charge in [0.25, 0.3) is 5.91 Å². The number of hydrogen-bond donors (Lipinski definition) is 0. The zero-order valence-electron chi connectivity index (χ0n) is 14.4. The number of amides is 1. The number of carbonyl (C=O) groups is 1. The Balaban J connectivity index is 1.41. The summed E-state index contributed by atoms with van der Waals surface area (Å²) in [6.45, 7) is 4.33. The van der Waals surface area contributed by atoms with Gasteiger partial charge in [0.15, 0.2) is 0 Å². The lowest BCUT2D eigenvalue weighted by Crippen LogP contribution is -2.48. The van der Waals surface area contributed by atoms with Gasteiger partial charge in [-0.15, -0.1) is 11.3 Å². The molecule has 26 heavy (non-hydrogen) atoms. The Labute approximate surface area is 156 Å². The van der Waals surface area contributed by atoms with Crippen molar-refractivity contribution >= 4 is 17.2 Å². The van der Waals surface area contributed by atoms with Crippen LogP contribution in [0.3, 0.4) is 0 Å². The van der Waals surface area contributed by atoms with Gasteiger partial charge >= 0.3 is 0 Å². The van der Waals surface area contributed by atoms with Crippen LogP contribution in [-0.4, -0.2) is 51.9 Å². The summed E-state index contributed by atoms with van der Waals surface area (Å²) in [4.78, 5) is 26.7. The molecule has 1 aliphatic heterocycles. The van der Waals surface area contributed by atoms with Crippen LogP contribution in [0.5, 0.6) is 0 Å². The SMILES string of the molecule is O=C(c1cccc(-c2cncnc2)c1)N1CCN(Cc2cccs2)CC1. The summed E-state index contributed by atoms with van der Waals surface area (Å²) in [6, 6.07) is 12.0. The molecule has 1 fully saturated rings. The van der Waals surface area contributed by atoms with Gasteiger partial charge in [-0.2, -0.15) is 0 Å². The summed E-state index contributed by atoms with van der Waals surface area (Å²) in [5, 5.41) is 2.11. The third kappa shape index (κ3) is 3.81. The molecule has 0 atom stereocenters. The Morgan fingerprint density at radius 1 is 1.00 bits per heavy atom. The quantitative estimate of drug-likeness (QED) is 0.714. The highest BCUT2D eigenvalue weighted by Crippen LogP contribution is 2.20. The van der Waals surface area contributed by atoms with Crippen LogP contribution in [0.2, 0.25) is 0 Å². The minimum Gasteiger partial charge on any atom is -0.336 e. The Hall–Kier alpha value is -2.57. The lowest BCUT2D eigenvalue weighted by Gasteiger charge is -2.34. The number of thiophene rings is 1. The van der Waals surface area contributed by atoms with Crippen molar-refractivity contribution < 1.29 is 4.79 Å². The van der Waals surface area contributed by atoms with Crippen molar-refractivity contribution in [3.63, 3.8) is 0 Å². The Morgan fingerprint density at radius 3 is 2.54 bits per heavy atom. The maximum Gasteiger partial charge on any atom is 0.253 e. The van der Waals surface area contributed by atoms with Crippen molar-refractivity contribution in [1.82, 2.24) is 19.8 Å². The molecule has 1 saturated heterocycles. The number of aromatic nitrogens is 2. The molecule has 0 N–H and O–H groups in total. The van der Waals surface area contributed by atoms with Gasteiger partial charge in [0.05, 0.1) is 0 Å². The standard InChI is InChI=1S/C20H20N4OS/c25-20(17-4-1-3-16(11-17)18-12-21-15-22-13-18)24-8-6-23(7-9-24)14-19-5-2-10-26-19/h1-5,10-13,15H,6-9,14H2. The zero-order valence-corrected chi connectivity index (χ0v) is 15.2. The van der Waals surface area contributed by atoms with Crippen LogP contribution in [0.4, 0.5) is 0 Å². The maximum absolute atomic E-state index is 12.9. The molecule has 5 nitrogen and oxygen atoms in total. The molecule has 1 amide bonds. The number of rotatable bonds is 4. The molecular formula is C20H20N4OS. The van der Waals surface area contributed by atoms with Crippen LogP contribution >= 0.6 is 11.3 Å². The van der Waals surface area contributed by atoms with E-state index in [-0.39, 0.29) is 5.91 Å². The fourth-order valence-electron chi connectivity index (χ4n) is 3.19. The van der Waals surface area contributed by atoms with Crippen LogP contribution in [0.25, 0.3) is 11.1 Å². The number of benzene rings is 1. The van der Waals surface area contributed by atoms with Gasteiger partial charge in [0.1, 0.15) is 6.33 Å². The average molecular weight is 364 g/mol. The number of nitrogens with zero attached hydrogens (tertiary/aromatic N) is 4. The first-order valence-electron chi connectivity index (χ1n) is 8.69. The molecule has 132 valence electrons. The van der Waals surface area contributed by atoms with Crippen molar-refractivity contribution in [3.8, 4) is 11.1 Å². The highest BCUT2D eigenvalue weighted by atomic mass is 32.1. The molecule has 3 heterocycles. The molecule has 0 spiro atoms. The van der Waals surface area contributed by atoms with E-state index in [0.717, 1.165) is 49.4 Å². The van der Waals surface area contributed by atoms with Gasteiger partial charge in [0, 0.05) is 61.1 Å². The lowest BCUT2D eigenvalue weighted by molar-refractivity contribution is 0.0629. The topological polar surface area (TPSA) is 49.3 Å². The van der Waals surface area contributed by atoms with Crippen molar-refractivity contribution in [3.05, 3.63) is 70.9 Å². The minimum absolute atomic E-state index is 0.0967. The highest BCUT2D eigenvalue weighted by Gasteiger charge is 2.22. The van der Waals surface area contributed by atoms with E-state index in [1.165, 1.54) is 11.2 Å². The largest absolute Gasteiger partial charge is 0.336 e. The molecule has 3 aromatic rings. The van der Waals surface area contributed by atoms with E-state index in [1.54, 1.807) is 23.7 Å². The second kappa shape index (κ2) is 7.76. The average Bonchev–Trinajstić information content (AvgIpc) is 3.22. The van der Waals surface area contributed by atoms with Gasteiger partial charge in [-0.3, -0.25) is 9.69 Å². The predicted octanol–water partition coefficient (Wildman–Crippen LogP) is 3.16. The molecule has 0 unspecified atom stereocenters.